The molecule has 0 radical (unpaired) electrons. The summed E-state index contributed by atoms with van der Waals surface area (Å²) in [6, 6.07) is 4.05. The number of benzene rings is 1. The van der Waals surface area contributed by atoms with Gasteiger partial charge in [-0.05, 0) is 37.8 Å². The van der Waals surface area contributed by atoms with Crippen molar-refractivity contribution in [2.45, 2.75) is 25.3 Å². The Labute approximate surface area is 116 Å². The molecule has 1 atom stereocenters. The molecule has 1 amide bonds. The van der Waals surface area contributed by atoms with Crippen molar-refractivity contribution in [2.24, 2.45) is 17.4 Å². The number of amides is 1. The summed E-state index contributed by atoms with van der Waals surface area (Å²) in [5.74, 6) is -0.229. The molecular formula is C13H18N4O3. The van der Waals surface area contributed by atoms with Crippen LogP contribution in [0.25, 0.3) is 0 Å². The zero-order chi connectivity index (χ0) is 14.9. The van der Waals surface area contributed by atoms with Crippen LogP contribution in [-0.2, 0) is 0 Å². The van der Waals surface area contributed by atoms with Gasteiger partial charge >= 0.3 is 0 Å². The molecule has 0 spiro atoms. The smallest absolute Gasteiger partial charge is 0.292 e. The zero-order valence-electron chi connectivity index (χ0n) is 11.3. The second-order valence-electron chi connectivity index (χ2n) is 5.37. The van der Waals surface area contributed by atoms with Gasteiger partial charge in [0.1, 0.15) is 5.69 Å². The van der Waals surface area contributed by atoms with E-state index in [0.717, 1.165) is 12.8 Å². The quantitative estimate of drug-likeness (QED) is 0.533. The summed E-state index contributed by atoms with van der Waals surface area (Å²) in [7, 11) is 0. The van der Waals surface area contributed by atoms with E-state index >= 15 is 0 Å². The van der Waals surface area contributed by atoms with Crippen LogP contribution in [0, 0.1) is 16.0 Å². The van der Waals surface area contributed by atoms with Crippen LogP contribution in [0.15, 0.2) is 18.2 Å². The van der Waals surface area contributed by atoms with Crippen LogP contribution in [0.3, 0.4) is 0 Å². The first-order chi connectivity index (χ1) is 9.37. The number of hydrogen-bond acceptors (Lipinski definition) is 5. The predicted molar refractivity (Wildman–Crippen MR) is 75.4 cm³/mol. The minimum Gasteiger partial charge on any atom is -0.373 e. The number of rotatable bonds is 6. The van der Waals surface area contributed by atoms with Crippen LogP contribution in [-0.4, -0.2) is 22.9 Å². The first-order valence-corrected chi connectivity index (χ1v) is 6.44. The van der Waals surface area contributed by atoms with Crippen LogP contribution in [0.2, 0.25) is 0 Å². The van der Waals surface area contributed by atoms with E-state index in [-0.39, 0.29) is 16.9 Å². The van der Waals surface area contributed by atoms with E-state index in [0.29, 0.717) is 12.5 Å². The standard InChI is InChI=1S/C13H18N4O3/c1-13(7-14,9-3-4-9)16-10-6-8(12(15)18)2-5-11(10)17(19)20/h2,5-6,9,16H,3-4,7,14H2,1H3,(H2,15,18). The average molecular weight is 278 g/mol. The van der Waals surface area contributed by atoms with E-state index in [9.17, 15) is 14.9 Å². The van der Waals surface area contributed by atoms with Gasteiger partial charge in [0.2, 0.25) is 5.91 Å². The van der Waals surface area contributed by atoms with Crippen LogP contribution < -0.4 is 16.8 Å². The second kappa shape index (κ2) is 5.09. The van der Waals surface area contributed by atoms with Gasteiger partial charge in [0.05, 0.1) is 4.92 Å². The Kier molecular flexibility index (Phi) is 3.63. The number of nitrogens with one attached hydrogen (secondary N) is 1. The minimum atomic E-state index is -0.621. The van der Waals surface area contributed by atoms with Gasteiger partial charge in [-0.15, -0.1) is 0 Å². The molecule has 5 N–H and O–H groups in total. The average Bonchev–Trinajstić information content (AvgIpc) is 3.22. The lowest BCUT2D eigenvalue weighted by Gasteiger charge is -2.30. The minimum absolute atomic E-state index is 0.0877. The van der Waals surface area contributed by atoms with E-state index in [1.54, 1.807) is 0 Å². The normalized spacial score (nSPS) is 17.3. The molecule has 0 aromatic heterocycles. The summed E-state index contributed by atoms with van der Waals surface area (Å²) in [4.78, 5) is 21.8. The molecule has 7 heteroatoms. The third-order valence-corrected chi connectivity index (χ3v) is 3.80. The molecule has 1 aliphatic rings. The Morgan fingerprint density at radius 2 is 2.20 bits per heavy atom. The lowest BCUT2D eigenvalue weighted by molar-refractivity contribution is -0.384. The Bertz CT molecular complexity index is 557. The number of anilines is 1. The Balaban J connectivity index is 2.39. The van der Waals surface area contributed by atoms with E-state index in [1.165, 1.54) is 18.2 Å². The SMILES string of the molecule is CC(CN)(Nc1cc(C(N)=O)ccc1[N+](=O)[O-])C1CC1. The highest BCUT2D eigenvalue weighted by atomic mass is 16.6. The number of nitrogens with two attached hydrogens (primary N) is 2. The van der Waals surface area contributed by atoms with Gasteiger partial charge in [0.25, 0.3) is 5.69 Å². The van der Waals surface area contributed by atoms with Crippen LogP contribution >= 0.6 is 0 Å². The van der Waals surface area contributed by atoms with Crippen molar-refractivity contribution in [3.05, 3.63) is 33.9 Å². The Hall–Kier alpha value is -2.15. The summed E-state index contributed by atoms with van der Waals surface area (Å²) >= 11 is 0. The topological polar surface area (TPSA) is 124 Å². The number of nitro benzene ring substituents is 1. The maximum atomic E-state index is 11.2. The van der Waals surface area contributed by atoms with Gasteiger partial charge in [-0.25, -0.2) is 0 Å². The first-order valence-electron chi connectivity index (χ1n) is 6.44. The number of primary amides is 1. The van der Waals surface area contributed by atoms with Crippen LogP contribution in [0.4, 0.5) is 11.4 Å². The summed E-state index contributed by atoms with van der Waals surface area (Å²) in [5.41, 5.74) is 11.0. The largest absolute Gasteiger partial charge is 0.373 e. The molecule has 1 aromatic carbocycles. The fourth-order valence-corrected chi connectivity index (χ4v) is 2.30. The van der Waals surface area contributed by atoms with Crippen molar-refractivity contribution in [2.75, 3.05) is 11.9 Å². The maximum absolute atomic E-state index is 11.2. The first kappa shape index (κ1) is 14.3. The summed E-state index contributed by atoms with van der Waals surface area (Å²) < 4.78 is 0. The molecule has 0 heterocycles. The molecule has 1 unspecified atom stereocenters. The number of nitro groups is 1. The third kappa shape index (κ3) is 2.72. The van der Waals surface area contributed by atoms with Gasteiger partial charge in [0, 0.05) is 23.7 Å². The number of nitrogens with zero attached hydrogens (tertiary/aromatic N) is 1. The molecule has 1 aliphatic carbocycles. The number of carbonyl (C=O) groups excluding carboxylic acids is 1. The molecule has 1 saturated carbocycles. The highest BCUT2D eigenvalue weighted by Crippen LogP contribution is 2.42. The monoisotopic (exact) mass is 278 g/mol. The van der Waals surface area contributed by atoms with E-state index < -0.39 is 16.4 Å². The molecule has 20 heavy (non-hydrogen) atoms. The van der Waals surface area contributed by atoms with Crippen molar-refractivity contribution in [1.29, 1.82) is 0 Å². The van der Waals surface area contributed by atoms with Crippen molar-refractivity contribution >= 4 is 17.3 Å². The van der Waals surface area contributed by atoms with Crippen molar-refractivity contribution < 1.29 is 9.72 Å². The van der Waals surface area contributed by atoms with Gasteiger partial charge in [0.15, 0.2) is 0 Å². The summed E-state index contributed by atoms with van der Waals surface area (Å²) in [6.45, 7) is 2.29. The van der Waals surface area contributed by atoms with Crippen molar-refractivity contribution in [3.8, 4) is 0 Å². The maximum Gasteiger partial charge on any atom is 0.292 e. The third-order valence-electron chi connectivity index (χ3n) is 3.80. The van der Waals surface area contributed by atoms with E-state index in [1.807, 2.05) is 6.92 Å². The van der Waals surface area contributed by atoms with Gasteiger partial charge < -0.3 is 16.8 Å². The summed E-state index contributed by atoms with van der Waals surface area (Å²) in [5, 5.41) is 14.2. The zero-order valence-corrected chi connectivity index (χ0v) is 11.3. The number of hydrogen-bond donors (Lipinski definition) is 3. The predicted octanol–water partition coefficient (Wildman–Crippen LogP) is 1.23. The lowest BCUT2D eigenvalue weighted by Crippen LogP contribution is -2.44. The van der Waals surface area contributed by atoms with Gasteiger partial charge in [-0.3, -0.25) is 14.9 Å². The van der Waals surface area contributed by atoms with E-state index in [4.69, 9.17) is 11.5 Å². The molecule has 2 rings (SSSR count). The van der Waals surface area contributed by atoms with Gasteiger partial charge in [-0.2, -0.15) is 0 Å². The van der Waals surface area contributed by atoms with E-state index in [2.05, 4.69) is 5.32 Å². The molecule has 7 nitrogen and oxygen atoms in total. The molecule has 1 aromatic rings. The molecule has 0 bridgehead atoms. The Morgan fingerprint density at radius 3 is 2.65 bits per heavy atom. The van der Waals surface area contributed by atoms with Crippen molar-refractivity contribution in [3.63, 3.8) is 0 Å². The second-order valence-corrected chi connectivity index (χ2v) is 5.37. The fraction of sp³-hybridized carbons (Fsp3) is 0.462. The Morgan fingerprint density at radius 1 is 1.55 bits per heavy atom. The molecule has 108 valence electrons. The fourth-order valence-electron chi connectivity index (χ4n) is 2.30. The van der Waals surface area contributed by atoms with Crippen LogP contribution in [0.1, 0.15) is 30.1 Å². The molecule has 0 saturated heterocycles. The molecule has 0 aliphatic heterocycles. The molecular weight excluding hydrogens is 260 g/mol. The highest BCUT2D eigenvalue weighted by molar-refractivity contribution is 5.94. The van der Waals surface area contributed by atoms with Gasteiger partial charge in [-0.1, -0.05) is 0 Å². The lowest BCUT2D eigenvalue weighted by atomic mass is 9.95. The van der Waals surface area contributed by atoms with Crippen LogP contribution in [0.5, 0.6) is 0 Å². The molecule has 1 fully saturated rings. The highest BCUT2D eigenvalue weighted by Gasteiger charge is 2.41. The van der Waals surface area contributed by atoms with Crippen molar-refractivity contribution in [1.82, 2.24) is 0 Å². The number of carbonyl (C=O) groups is 1. The summed E-state index contributed by atoms with van der Waals surface area (Å²) in [6.07, 6.45) is 2.09.